The first kappa shape index (κ1) is 15.8. The highest BCUT2D eigenvalue weighted by molar-refractivity contribution is 6.06. The van der Waals surface area contributed by atoms with Crippen molar-refractivity contribution in [1.29, 1.82) is 0 Å². The second kappa shape index (κ2) is 6.89. The number of fused-ring (bicyclic) bond motifs is 1. The molecule has 0 unspecified atom stereocenters. The molecule has 0 atom stereocenters. The zero-order valence-electron chi connectivity index (χ0n) is 12.7. The van der Waals surface area contributed by atoms with Crippen LogP contribution in [0.2, 0.25) is 0 Å². The minimum absolute atomic E-state index is 0.0684. The van der Waals surface area contributed by atoms with Gasteiger partial charge in [0.1, 0.15) is 11.4 Å². The molecular weight excluding hydrogens is 286 g/mol. The molecule has 0 aliphatic heterocycles. The Hall–Kier alpha value is -2.63. The molecule has 0 amide bonds. The van der Waals surface area contributed by atoms with Crippen LogP contribution in [0.1, 0.15) is 34.7 Å². The molecule has 0 aliphatic carbocycles. The minimum atomic E-state index is -0.580. The lowest BCUT2D eigenvalue weighted by atomic mass is 10.1. The molecule has 1 heterocycles. The topological polar surface area (TPSA) is 74.7 Å². The summed E-state index contributed by atoms with van der Waals surface area (Å²) >= 11 is 0. The van der Waals surface area contributed by atoms with Gasteiger partial charge in [0.2, 0.25) is 0 Å². The number of hydrogen-bond acceptors (Lipinski definition) is 6. The van der Waals surface area contributed by atoms with Crippen molar-refractivity contribution in [2.45, 2.75) is 13.8 Å². The molecule has 0 saturated carbocycles. The van der Waals surface area contributed by atoms with Crippen LogP contribution in [0.4, 0.5) is 0 Å². The van der Waals surface area contributed by atoms with Crippen molar-refractivity contribution < 1.29 is 23.8 Å². The fourth-order valence-corrected chi connectivity index (χ4v) is 2.05. The van der Waals surface area contributed by atoms with Crippen LogP contribution < -0.4 is 4.74 Å². The average Bonchev–Trinajstić information content (AvgIpc) is 2.53. The normalized spacial score (nSPS) is 10.3. The standard InChI is InChI=1S/C16H17NO5/c1-4-21-10-6-7-13-11(8-10)12(15(18)20-3)9-14(17-13)16(19)22-5-2/h6-9H,4-5H2,1-3H3. The van der Waals surface area contributed by atoms with E-state index in [1.807, 2.05) is 6.92 Å². The predicted molar refractivity (Wildman–Crippen MR) is 80.2 cm³/mol. The van der Waals surface area contributed by atoms with Gasteiger partial charge in [0.25, 0.3) is 0 Å². The highest BCUT2D eigenvalue weighted by atomic mass is 16.5. The monoisotopic (exact) mass is 303 g/mol. The van der Waals surface area contributed by atoms with Crippen LogP contribution in [0.15, 0.2) is 24.3 Å². The van der Waals surface area contributed by atoms with Crippen molar-refractivity contribution in [3.8, 4) is 5.75 Å². The van der Waals surface area contributed by atoms with E-state index in [0.717, 1.165) is 0 Å². The lowest BCUT2D eigenvalue weighted by molar-refractivity contribution is 0.0520. The Balaban J connectivity index is 2.62. The lowest BCUT2D eigenvalue weighted by Crippen LogP contribution is -2.11. The molecule has 0 N–H and O–H groups in total. The molecule has 0 radical (unpaired) electrons. The second-order valence-electron chi connectivity index (χ2n) is 4.38. The minimum Gasteiger partial charge on any atom is -0.494 e. The van der Waals surface area contributed by atoms with E-state index in [9.17, 15) is 9.59 Å². The van der Waals surface area contributed by atoms with E-state index < -0.39 is 11.9 Å². The molecule has 22 heavy (non-hydrogen) atoms. The van der Waals surface area contributed by atoms with Crippen molar-refractivity contribution in [2.24, 2.45) is 0 Å². The number of nitrogens with zero attached hydrogens (tertiary/aromatic N) is 1. The molecular formula is C16H17NO5. The maximum absolute atomic E-state index is 12.0. The Kier molecular flexibility index (Phi) is 4.93. The van der Waals surface area contributed by atoms with Crippen molar-refractivity contribution in [3.63, 3.8) is 0 Å². The van der Waals surface area contributed by atoms with Gasteiger partial charge in [-0.25, -0.2) is 14.6 Å². The molecule has 0 saturated heterocycles. The summed E-state index contributed by atoms with van der Waals surface area (Å²) in [6, 6.07) is 6.50. The van der Waals surface area contributed by atoms with Gasteiger partial charge in [0.15, 0.2) is 0 Å². The molecule has 6 nitrogen and oxygen atoms in total. The Labute approximate surface area is 128 Å². The van der Waals surface area contributed by atoms with Crippen molar-refractivity contribution in [2.75, 3.05) is 20.3 Å². The Morgan fingerprint density at radius 1 is 1.09 bits per heavy atom. The van der Waals surface area contributed by atoms with E-state index in [4.69, 9.17) is 14.2 Å². The third-order valence-electron chi connectivity index (χ3n) is 2.98. The number of carbonyl (C=O) groups excluding carboxylic acids is 2. The molecule has 1 aromatic heterocycles. The van der Waals surface area contributed by atoms with Crippen LogP contribution in [-0.4, -0.2) is 37.2 Å². The highest BCUT2D eigenvalue weighted by Gasteiger charge is 2.18. The fourth-order valence-electron chi connectivity index (χ4n) is 2.05. The maximum atomic E-state index is 12.0. The number of methoxy groups -OCH3 is 1. The van der Waals surface area contributed by atoms with Crippen molar-refractivity contribution >= 4 is 22.8 Å². The van der Waals surface area contributed by atoms with E-state index in [2.05, 4.69) is 4.98 Å². The molecule has 0 bridgehead atoms. The summed E-state index contributed by atoms with van der Waals surface area (Å²) in [5, 5.41) is 0.561. The van der Waals surface area contributed by atoms with Crippen LogP contribution >= 0.6 is 0 Å². The number of pyridine rings is 1. The third-order valence-corrected chi connectivity index (χ3v) is 2.98. The summed E-state index contributed by atoms with van der Waals surface area (Å²) in [6.07, 6.45) is 0. The molecule has 0 spiro atoms. The summed E-state index contributed by atoms with van der Waals surface area (Å²) in [4.78, 5) is 28.1. The first-order valence-corrected chi connectivity index (χ1v) is 6.93. The molecule has 116 valence electrons. The van der Waals surface area contributed by atoms with Gasteiger partial charge in [-0.2, -0.15) is 0 Å². The van der Waals surface area contributed by atoms with Gasteiger partial charge in [-0.1, -0.05) is 0 Å². The van der Waals surface area contributed by atoms with Crippen LogP contribution in [0, 0.1) is 0 Å². The van der Waals surface area contributed by atoms with Gasteiger partial charge in [-0.3, -0.25) is 0 Å². The highest BCUT2D eigenvalue weighted by Crippen LogP contribution is 2.25. The molecule has 1 aromatic carbocycles. The molecule has 6 heteroatoms. The summed E-state index contributed by atoms with van der Waals surface area (Å²) in [6.45, 7) is 4.31. The van der Waals surface area contributed by atoms with Gasteiger partial charge < -0.3 is 14.2 Å². The lowest BCUT2D eigenvalue weighted by Gasteiger charge is -2.10. The van der Waals surface area contributed by atoms with Gasteiger partial charge in [-0.05, 0) is 38.1 Å². The first-order chi connectivity index (χ1) is 10.6. The Morgan fingerprint density at radius 3 is 2.50 bits per heavy atom. The van der Waals surface area contributed by atoms with Crippen LogP contribution in [0.3, 0.4) is 0 Å². The van der Waals surface area contributed by atoms with Crippen LogP contribution in [0.25, 0.3) is 10.9 Å². The maximum Gasteiger partial charge on any atom is 0.356 e. The number of rotatable bonds is 5. The van der Waals surface area contributed by atoms with Crippen molar-refractivity contribution in [1.82, 2.24) is 4.98 Å². The number of benzene rings is 1. The zero-order valence-corrected chi connectivity index (χ0v) is 12.7. The molecule has 2 aromatic rings. The average molecular weight is 303 g/mol. The number of ether oxygens (including phenoxy) is 3. The molecule has 0 fully saturated rings. The predicted octanol–water partition coefficient (Wildman–Crippen LogP) is 2.60. The van der Waals surface area contributed by atoms with Gasteiger partial charge in [0, 0.05) is 5.39 Å². The number of aromatic nitrogens is 1. The molecule has 0 aliphatic rings. The zero-order chi connectivity index (χ0) is 16.1. The van der Waals surface area contributed by atoms with E-state index in [0.29, 0.717) is 23.3 Å². The van der Waals surface area contributed by atoms with E-state index in [1.165, 1.54) is 13.2 Å². The fraction of sp³-hybridized carbons (Fsp3) is 0.312. The summed E-state index contributed by atoms with van der Waals surface area (Å²) in [5.74, 6) is -0.513. The second-order valence-corrected chi connectivity index (χ2v) is 4.38. The largest absolute Gasteiger partial charge is 0.494 e. The third kappa shape index (κ3) is 3.16. The van der Waals surface area contributed by atoms with E-state index in [1.54, 1.807) is 25.1 Å². The van der Waals surface area contributed by atoms with Crippen molar-refractivity contribution in [3.05, 3.63) is 35.5 Å². The van der Waals surface area contributed by atoms with E-state index >= 15 is 0 Å². The first-order valence-electron chi connectivity index (χ1n) is 6.93. The molecule has 2 rings (SSSR count). The Morgan fingerprint density at radius 2 is 1.86 bits per heavy atom. The van der Waals surface area contributed by atoms with Crippen LogP contribution in [0.5, 0.6) is 5.75 Å². The summed E-state index contributed by atoms with van der Waals surface area (Å²) < 4.78 is 15.1. The van der Waals surface area contributed by atoms with Gasteiger partial charge in [0.05, 0.1) is 31.4 Å². The SMILES string of the molecule is CCOC(=O)c1cc(C(=O)OC)c2cc(OCC)ccc2n1. The quantitative estimate of drug-likeness (QED) is 0.790. The summed E-state index contributed by atoms with van der Waals surface area (Å²) in [7, 11) is 1.28. The smallest absolute Gasteiger partial charge is 0.356 e. The van der Waals surface area contributed by atoms with Crippen LogP contribution in [-0.2, 0) is 9.47 Å². The van der Waals surface area contributed by atoms with E-state index in [-0.39, 0.29) is 17.9 Å². The number of carbonyl (C=O) groups is 2. The summed E-state index contributed by atoms with van der Waals surface area (Å²) in [5.41, 5.74) is 0.811. The number of esters is 2. The Bertz CT molecular complexity index is 711. The van der Waals surface area contributed by atoms with Gasteiger partial charge in [-0.15, -0.1) is 0 Å². The van der Waals surface area contributed by atoms with Gasteiger partial charge >= 0.3 is 11.9 Å². The number of hydrogen-bond donors (Lipinski definition) is 0.